The molecule has 0 radical (unpaired) electrons. The monoisotopic (exact) mass is 180 g/mol. The first kappa shape index (κ1) is 9.13. The van der Waals surface area contributed by atoms with E-state index in [2.05, 4.69) is 5.32 Å². The minimum atomic E-state index is -1.02. The first-order valence-corrected chi connectivity index (χ1v) is 3.59. The Morgan fingerprint density at radius 2 is 2.54 bits per heavy atom. The molecule has 0 saturated carbocycles. The van der Waals surface area contributed by atoms with Crippen LogP contribution in [0.2, 0.25) is 0 Å². The van der Waals surface area contributed by atoms with Crippen LogP contribution in [0.4, 0.5) is 0 Å². The molecule has 1 heterocycles. The first-order chi connectivity index (χ1) is 6.15. The first-order valence-electron chi connectivity index (χ1n) is 3.59. The molecule has 0 aliphatic rings. The standard InChI is InChI=1S/C8H8N2O3/c1-5-7(8(11)12)2-6(13-5)3-10-4-9/h2,10H,3H2,1H3,(H,11,12). The number of carboxylic acids is 1. The maximum absolute atomic E-state index is 10.6. The predicted molar refractivity (Wildman–Crippen MR) is 42.9 cm³/mol. The van der Waals surface area contributed by atoms with Gasteiger partial charge in [0, 0.05) is 0 Å². The van der Waals surface area contributed by atoms with E-state index in [0.29, 0.717) is 11.5 Å². The van der Waals surface area contributed by atoms with Crippen molar-refractivity contribution in [2.24, 2.45) is 0 Å². The second-order valence-electron chi connectivity index (χ2n) is 2.45. The van der Waals surface area contributed by atoms with Crippen molar-refractivity contribution in [1.82, 2.24) is 5.32 Å². The molecule has 13 heavy (non-hydrogen) atoms. The number of nitrogens with zero attached hydrogens (tertiary/aromatic N) is 1. The number of rotatable bonds is 3. The molecule has 1 aromatic rings. The van der Waals surface area contributed by atoms with Crippen molar-refractivity contribution in [2.75, 3.05) is 0 Å². The van der Waals surface area contributed by atoms with E-state index in [1.165, 1.54) is 6.07 Å². The van der Waals surface area contributed by atoms with E-state index >= 15 is 0 Å². The minimum absolute atomic E-state index is 0.134. The lowest BCUT2D eigenvalue weighted by Crippen LogP contribution is -2.03. The van der Waals surface area contributed by atoms with Crippen LogP contribution in [0, 0.1) is 18.4 Å². The number of hydrogen-bond acceptors (Lipinski definition) is 4. The third-order valence-corrected chi connectivity index (χ3v) is 1.54. The van der Waals surface area contributed by atoms with Crippen molar-refractivity contribution in [3.8, 4) is 6.19 Å². The summed E-state index contributed by atoms with van der Waals surface area (Å²) in [4.78, 5) is 10.6. The van der Waals surface area contributed by atoms with Crippen molar-refractivity contribution in [2.45, 2.75) is 13.5 Å². The Kier molecular flexibility index (Phi) is 2.55. The zero-order chi connectivity index (χ0) is 9.84. The Morgan fingerprint density at radius 1 is 1.85 bits per heavy atom. The average molecular weight is 180 g/mol. The van der Waals surface area contributed by atoms with Gasteiger partial charge in [0.2, 0.25) is 0 Å². The van der Waals surface area contributed by atoms with Crippen molar-refractivity contribution < 1.29 is 14.3 Å². The second kappa shape index (κ2) is 3.63. The fourth-order valence-corrected chi connectivity index (χ4v) is 0.970. The smallest absolute Gasteiger partial charge is 0.339 e. The summed E-state index contributed by atoms with van der Waals surface area (Å²) in [5.74, 6) is -0.233. The number of aryl methyl sites for hydroxylation is 1. The lowest BCUT2D eigenvalue weighted by molar-refractivity contribution is 0.0695. The van der Waals surface area contributed by atoms with Crippen LogP contribution in [0.5, 0.6) is 0 Å². The number of aromatic carboxylic acids is 1. The highest BCUT2D eigenvalue weighted by atomic mass is 16.4. The molecule has 0 amide bonds. The van der Waals surface area contributed by atoms with E-state index in [0.717, 1.165) is 0 Å². The van der Waals surface area contributed by atoms with Crippen LogP contribution in [0.1, 0.15) is 21.9 Å². The molecular weight excluding hydrogens is 172 g/mol. The second-order valence-corrected chi connectivity index (χ2v) is 2.45. The fraction of sp³-hybridized carbons (Fsp3) is 0.250. The van der Waals surface area contributed by atoms with Crippen molar-refractivity contribution in [3.63, 3.8) is 0 Å². The van der Waals surface area contributed by atoms with Crippen LogP contribution >= 0.6 is 0 Å². The molecule has 68 valence electrons. The van der Waals surface area contributed by atoms with E-state index in [9.17, 15) is 4.79 Å². The summed E-state index contributed by atoms with van der Waals surface area (Å²) in [6.45, 7) is 1.78. The molecule has 1 aromatic heterocycles. The number of nitrogens with one attached hydrogen (secondary N) is 1. The van der Waals surface area contributed by atoms with E-state index in [1.807, 2.05) is 0 Å². The zero-order valence-corrected chi connectivity index (χ0v) is 7.00. The van der Waals surface area contributed by atoms with Crippen molar-refractivity contribution >= 4 is 5.97 Å². The summed E-state index contributed by atoms with van der Waals surface area (Å²) in [5.41, 5.74) is 0.134. The van der Waals surface area contributed by atoms with Crippen molar-refractivity contribution in [1.29, 1.82) is 5.26 Å². The fourth-order valence-electron chi connectivity index (χ4n) is 0.970. The molecule has 1 rings (SSSR count). The third kappa shape index (κ3) is 1.99. The summed E-state index contributed by atoms with van der Waals surface area (Å²) >= 11 is 0. The molecule has 0 fully saturated rings. The van der Waals surface area contributed by atoms with Crippen molar-refractivity contribution in [3.05, 3.63) is 23.2 Å². The summed E-state index contributed by atoms with van der Waals surface area (Å²) in [7, 11) is 0. The highest BCUT2D eigenvalue weighted by Crippen LogP contribution is 2.13. The Hall–Kier alpha value is -1.96. The molecule has 0 unspecified atom stereocenters. The Morgan fingerprint density at radius 3 is 3.00 bits per heavy atom. The lowest BCUT2D eigenvalue weighted by Gasteiger charge is -1.89. The molecule has 0 aliphatic heterocycles. The number of carboxylic acid groups (broad SMARTS) is 1. The van der Waals surface area contributed by atoms with Crippen LogP contribution in [0.3, 0.4) is 0 Å². The van der Waals surface area contributed by atoms with Gasteiger partial charge in [0.25, 0.3) is 0 Å². The lowest BCUT2D eigenvalue weighted by atomic mass is 10.2. The number of furan rings is 1. The summed E-state index contributed by atoms with van der Waals surface area (Å²) in [6.07, 6.45) is 1.72. The molecule has 5 nitrogen and oxygen atoms in total. The molecule has 0 atom stereocenters. The predicted octanol–water partition coefficient (Wildman–Crippen LogP) is 0.857. The van der Waals surface area contributed by atoms with Gasteiger partial charge in [-0.25, -0.2) is 4.79 Å². The molecule has 5 heteroatoms. The maximum Gasteiger partial charge on any atom is 0.339 e. The molecule has 0 bridgehead atoms. The molecule has 0 aliphatic carbocycles. The Labute approximate surface area is 74.6 Å². The van der Waals surface area contributed by atoms with Gasteiger partial charge in [0.1, 0.15) is 17.1 Å². The van der Waals surface area contributed by atoms with Crippen LogP contribution in [-0.2, 0) is 6.54 Å². The van der Waals surface area contributed by atoms with Gasteiger partial charge in [0.15, 0.2) is 6.19 Å². The molecule has 0 spiro atoms. The summed E-state index contributed by atoms with van der Waals surface area (Å²) < 4.78 is 5.08. The SMILES string of the molecule is Cc1oc(CNC#N)cc1C(=O)O. The maximum atomic E-state index is 10.6. The number of carbonyl (C=O) groups is 1. The van der Waals surface area contributed by atoms with Crippen LogP contribution in [-0.4, -0.2) is 11.1 Å². The number of nitriles is 1. The van der Waals surface area contributed by atoms with Gasteiger partial charge < -0.3 is 14.8 Å². The summed E-state index contributed by atoms with van der Waals surface area (Å²) in [6, 6.07) is 1.40. The van der Waals surface area contributed by atoms with E-state index < -0.39 is 5.97 Å². The Balaban J connectivity index is 2.84. The molecular formula is C8H8N2O3. The summed E-state index contributed by atoms with van der Waals surface area (Å²) in [5, 5.41) is 19.2. The van der Waals surface area contributed by atoms with Gasteiger partial charge in [-0.15, -0.1) is 0 Å². The normalized spacial score (nSPS) is 9.23. The van der Waals surface area contributed by atoms with E-state index in [4.69, 9.17) is 14.8 Å². The number of hydrogen-bond donors (Lipinski definition) is 2. The van der Waals surface area contributed by atoms with E-state index in [-0.39, 0.29) is 12.1 Å². The molecule has 0 saturated heterocycles. The minimum Gasteiger partial charge on any atom is -0.478 e. The topological polar surface area (TPSA) is 86.3 Å². The van der Waals surface area contributed by atoms with Crippen LogP contribution in [0.25, 0.3) is 0 Å². The van der Waals surface area contributed by atoms with Gasteiger partial charge in [-0.1, -0.05) is 0 Å². The highest BCUT2D eigenvalue weighted by molar-refractivity contribution is 5.88. The largest absolute Gasteiger partial charge is 0.478 e. The third-order valence-electron chi connectivity index (χ3n) is 1.54. The Bertz CT molecular complexity index is 362. The molecule has 2 N–H and O–H groups in total. The van der Waals surface area contributed by atoms with E-state index in [1.54, 1.807) is 13.1 Å². The van der Waals surface area contributed by atoms with Gasteiger partial charge in [-0.2, -0.15) is 5.26 Å². The zero-order valence-electron chi connectivity index (χ0n) is 7.00. The average Bonchev–Trinajstić information content (AvgIpc) is 2.43. The quantitative estimate of drug-likeness (QED) is 0.532. The van der Waals surface area contributed by atoms with Gasteiger partial charge >= 0.3 is 5.97 Å². The van der Waals surface area contributed by atoms with Gasteiger partial charge in [0.05, 0.1) is 6.54 Å². The van der Waals surface area contributed by atoms with Gasteiger partial charge in [-0.05, 0) is 13.0 Å². The van der Waals surface area contributed by atoms with Crippen LogP contribution < -0.4 is 5.32 Å². The van der Waals surface area contributed by atoms with Gasteiger partial charge in [-0.3, -0.25) is 0 Å². The highest BCUT2D eigenvalue weighted by Gasteiger charge is 2.12. The van der Waals surface area contributed by atoms with Crippen LogP contribution in [0.15, 0.2) is 10.5 Å². The molecule has 0 aromatic carbocycles.